The highest BCUT2D eigenvalue weighted by atomic mass is 15.3. The van der Waals surface area contributed by atoms with Crippen LogP contribution in [-0.4, -0.2) is 36.0 Å². The Hall–Kier alpha value is -0.860. The van der Waals surface area contributed by atoms with Crippen molar-refractivity contribution < 1.29 is 0 Å². The fourth-order valence-electron chi connectivity index (χ4n) is 2.76. The first kappa shape index (κ1) is 10.3. The summed E-state index contributed by atoms with van der Waals surface area (Å²) >= 11 is 0. The van der Waals surface area contributed by atoms with Crippen molar-refractivity contribution in [3.8, 4) is 0 Å². The van der Waals surface area contributed by atoms with Gasteiger partial charge in [-0.15, -0.1) is 0 Å². The molecule has 0 spiro atoms. The number of nitrogens with zero attached hydrogens (tertiary/aromatic N) is 2. The Morgan fingerprint density at radius 2 is 1.38 bits per heavy atom. The van der Waals surface area contributed by atoms with Crippen LogP contribution in [-0.2, 0) is 0 Å². The van der Waals surface area contributed by atoms with Gasteiger partial charge in [0.15, 0.2) is 0 Å². The third kappa shape index (κ3) is 1.66. The summed E-state index contributed by atoms with van der Waals surface area (Å²) in [5.74, 6) is 0. The van der Waals surface area contributed by atoms with E-state index in [9.17, 15) is 0 Å². The molecule has 0 radical (unpaired) electrons. The Morgan fingerprint density at radius 1 is 0.938 bits per heavy atom. The lowest BCUT2D eigenvalue weighted by Gasteiger charge is -2.09. The molecule has 0 aromatic heterocycles. The Labute approximate surface area is 97.9 Å². The monoisotopic (exact) mass is 216 g/mol. The molecule has 86 valence electrons. The summed E-state index contributed by atoms with van der Waals surface area (Å²) in [4.78, 5) is 5.05. The fourth-order valence-corrected chi connectivity index (χ4v) is 2.76. The van der Waals surface area contributed by atoms with Gasteiger partial charge in [-0.05, 0) is 24.2 Å². The minimum absolute atomic E-state index is 0.709. The van der Waals surface area contributed by atoms with Gasteiger partial charge in [0.25, 0.3) is 0 Å². The first-order chi connectivity index (χ1) is 7.85. The zero-order valence-corrected chi connectivity index (χ0v) is 10.2. The van der Waals surface area contributed by atoms with E-state index < -0.39 is 0 Å². The summed E-state index contributed by atoms with van der Waals surface area (Å²) in [6.45, 7) is 9.37. The lowest BCUT2D eigenvalue weighted by atomic mass is 10.0. The minimum Gasteiger partial charge on any atom is -0.293 e. The van der Waals surface area contributed by atoms with Gasteiger partial charge in [-0.1, -0.05) is 38.1 Å². The highest BCUT2D eigenvalue weighted by Gasteiger charge is 2.40. The molecule has 2 heterocycles. The Morgan fingerprint density at radius 3 is 1.69 bits per heavy atom. The zero-order chi connectivity index (χ0) is 11.1. The Bertz CT molecular complexity index is 351. The second-order valence-corrected chi connectivity index (χ2v) is 4.84. The average molecular weight is 216 g/mol. The second-order valence-electron chi connectivity index (χ2n) is 4.84. The third-order valence-electron chi connectivity index (χ3n) is 3.96. The van der Waals surface area contributed by atoms with E-state index in [1.807, 2.05) is 0 Å². The molecule has 2 aliphatic heterocycles. The molecule has 4 unspecified atom stereocenters. The predicted molar refractivity (Wildman–Crippen MR) is 66.4 cm³/mol. The summed E-state index contributed by atoms with van der Waals surface area (Å²) in [5.41, 5.74) is 3.15. The van der Waals surface area contributed by atoms with Crippen LogP contribution in [0.1, 0.15) is 37.1 Å². The smallest absolute Gasteiger partial charge is 0.0479 e. The molecule has 2 aliphatic rings. The van der Waals surface area contributed by atoms with E-state index in [-0.39, 0.29) is 0 Å². The van der Waals surface area contributed by atoms with Crippen LogP contribution >= 0.6 is 0 Å². The summed E-state index contributed by atoms with van der Waals surface area (Å²) in [6, 6.07) is 10.4. The van der Waals surface area contributed by atoms with E-state index in [1.54, 1.807) is 11.1 Å². The van der Waals surface area contributed by atoms with Gasteiger partial charge in [0.2, 0.25) is 0 Å². The minimum atomic E-state index is 0.709. The first-order valence-corrected chi connectivity index (χ1v) is 6.42. The normalized spacial score (nSPS) is 36.1. The van der Waals surface area contributed by atoms with Crippen molar-refractivity contribution in [3.63, 3.8) is 0 Å². The van der Waals surface area contributed by atoms with Crippen LogP contribution in [0.5, 0.6) is 0 Å². The van der Waals surface area contributed by atoms with Crippen LogP contribution in [0.2, 0.25) is 0 Å². The van der Waals surface area contributed by atoms with Gasteiger partial charge in [0, 0.05) is 25.2 Å². The largest absolute Gasteiger partial charge is 0.293 e. The molecule has 3 rings (SSSR count). The van der Waals surface area contributed by atoms with Crippen molar-refractivity contribution in [1.29, 1.82) is 0 Å². The van der Waals surface area contributed by atoms with Crippen molar-refractivity contribution in [2.24, 2.45) is 0 Å². The van der Waals surface area contributed by atoms with Crippen LogP contribution < -0.4 is 0 Å². The number of benzene rings is 1. The standard InChI is InChI=1S/C14H20N2/c1-3-15-9-13(15)11-7-5-6-8-12(11)14-10-16(14)4-2/h5-8,13-14H,3-4,9-10H2,1-2H3. The number of hydrogen-bond donors (Lipinski definition) is 0. The maximum atomic E-state index is 2.53. The first-order valence-electron chi connectivity index (χ1n) is 6.42. The van der Waals surface area contributed by atoms with Crippen LogP contribution in [0, 0.1) is 0 Å². The van der Waals surface area contributed by atoms with Crippen molar-refractivity contribution >= 4 is 0 Å². The molecule has 16 heavy (non-hydrogen) atoms. The molecule has 0 N–H and O–H groups in total. The van der Waals surface area contributed by atoms with E-state index in [0.29, 0.717) is 12.1 Å². The quantitative estimate of drug-likeness (QED) is 0.713. The molecule has 4 atom stereocenters. The van der Waals surface area contributed by atoms with Crippen molar-refractivity contribution in [2.75, 3.05) is 26.2 Å². The Balaban J connectivity index is 1.83. The zero-order valence-electron chi connectivity index (χ0n) is 10.2. The molecular formula is C14H20N2. The summed E-state index contributed by atoms with van der Waals surface area (Å²) in [6.07, 6.45) is 0. The molecule has 0 bridgehead atoms. The fraction of sp³-hybridized carbons (Fsp3) is 0.571. The van der Waals surface area contributed by atoms with Gasteiger partial charge in [0.05, 0.1) is 0 Å². The van der Waals surface area contributed by atoms with Gasteiger partial charge < -0.3 is 0 Å². The van der Waals surface area contributed by atoms with Crippen molar-refractivity contribution in [2.45, 2.75) is 25.9 Å². The summed E-state index contributed by atoms with van der Waals surface area (Å²) in [5, 5.41) is 0. The summed E-state index contributed by atoms with van der Waals surface area (Å²) < 4.78 is 0. The van der Waals surface area contributed by atoms with Gasteiger partial charge in [-0.25, -0.2) is 0 Å². The highest BCUT2D eigenvalue weighted by Crippen LogP contribution is 2.43. The average Bonchev–Trinajstić information content (AvgIpc) is 3.22. The third-order valence-corrected chi connectivity index (χ3v) is 3.96. The second kappa shape index (κ2) is 3.86. The van der Waals surface area contributed by atoms with Crippen LogP contribution in [0.15, 0.2) is 24.3 Å². The van der Waals surface area contributed by atoms with E-state index >= 15 is 0 Å². The lowest BCUT2D eigenvalue weighted by molar-refractivity contribution is 0.528. The molecule has 0 aliphatic carbocycles. The molecule has 2 fully saturated rings. The maximum absolute atomic E-state index is 2.53. The molecular weight excluding hydrogens is 196 g/mol. The van der Waals surface area contributed by atoms with Gasteiger partial charge >= 0.3 is 0 Å². The topological polar surface area (TPSA) is 6.02 Å². The van der Waals surface area contributed by atoms with Crippen LogP contribution in [0.25, 0.3) is 0 Å². The van der Waals surface area contributed by atoms with E-state index in [1.165, 1.54) is 26.2 Å². The Kier molecular flexibility index (Phi) is 2.49. The van der Waals surface area contributed by atoms with Crippen LogP contribution in [0.4, 0.5) is 0 Å². The van der Waals surface area contributed by atoms with Crippen molar-refractivity contribution in [3.05, 3.63) is 35.4 Å². The molecule has 2 saturated heterocycles. The van der Waals surface area contributed by atoms with Crippen molar-refractivity contribution in [1.82, 2.24) is 9.80 Å². The van der Waals surface area contributed by atoms with Crippen LogP contribution in [0.3, 0.4) is 0 Å². The maximum Gasteiger partial charge on any atom is 0.0479 e. The summed E-state index contributed by atoms with van der Waals surface area (Å²) in [7, 11) is 0. The van der Waals surface area contributed by atoms with Gasteiger partial charge in [-0.2, -0.15) is 0 Å². The predicted octanol–water partition coefficient (Wildman–Crippen LogP) is 2.44. The van der Waals surface area contributed by atoms with E-state index in [0.717, 1.165) is 0 Å². The van der Waals surface area contributed by atoms with Gasteiger partial charge in [0.1, 0.15) is 0 Å². The molecule has 0 saturated carbocycles. The molecule has 1 aromatic carbocycles. The number of hydrogen-bond acceptors (Lipinski definition) is 2. The van der Waals surface area contributed by atoms with Gasteiger partial charge in [-0.3, -0.25) is 9.80 Å². The molecule has 1 aromatic rings. The lowest BCUT2D eigenvalue weighted by Crippen LogP contribution is -2.01. The molecule has 2 heteroatoms. The van der Waals surface area contributed by atoms with E-state index in [2.05, 4.69) is 47.9 Å². The highest BCUT2D eigenvalue weighted by molar-refractivity contribution is 5.38. The SMILES string of the molecule is CCN1CC1c1ccccc1C1CN1CC. The number of rotatable bonds is 4. The molecule has 0 amide bonds. The molecule has 2 nitrogen and oxygen atoms in total. The number of likely N-dealkylation sites (N-methyl/N-ethyl adjacent to an activating group) is 2. The van der Waals surface area contributed by atoms with E-state index in [4.69, 9.17) is 0 Å².